The van der Waals surface area contributed by atoms with Gasteiger partial charge < -0.3 is 79.7 Å². The number of rotatable bonds is 21. The summed E-state index contributed by atoms with van der Waals surface area (Å²) in [4.78, 5) is 66.2. The largest absolute Gasteiger partial charge is 0.388 e. The first-order valence-corrected chi connectivity index (χ1v) is 21.7. The average molecular weight is 985 g/mol. The molecule has 68 heavy (non-hydrogen) atoms. The van der Waals surface area contributed by atoms with Crippen molar-refractivity contribution in [3.05, 3.63) is 71.8 Å². The quantitative estimate of drug-likeness (QED) is 0.0244. The van der Waals surface area contributed by atoms with E-state index in [1.165, 1.54) is 0 Å². The Morgan fingerprint density at radius 1 is 0.574 bits per heavy atom. The molecule has 0 atom stereocenters. The van der Waals surface area contributed by atoms with Gasteiger partial charge in [0.1, 0.15) is 41.0 Å². The number of hydrogen-bond acceptors (Lipinski definition) is 10. The molecule has 0 saturated heterocycles. The molecule has 0 aromatic carbocycles. The summed E-state index contributed by atoms with van der Waals surface area (Å²) in [6.45, 7) is 0.897. The number of hydrogen-bond donors (Lipinski definition) is 13. The third-order valence-corrected chi connectivity index (χ3v) is 9.51. The lowest BCUT2D eigenvalue weighted by Crippen LogP contribution is -2.27. The minimum absolute atomic E-state index is 0.0440. The molecule has 0 aliphatic carbocycles. The number of aryl methyl sites for hydroxylation is 4. The molecule has 4 aromatic heterocycles. The Kier molecular flexibility index (Phi) is 23.4. The molecule has 0 bridgehead atoms. The standard InChI is InChI=1S/C20H30N10O2.C19H29N11O2.C2H4Cl2/c1-25-17(23)5-4-6-26-19(31)14-8-13(11-29(14)2)28-20(32)15-7-12(10-30(15)3)27-18(24)9-16(21)22;1-29-10-12(7-13(29)17(31)25-5-3-4-15(20)21)28-18(32)14-6-11(9-30(14)2)27-16(22)8-26-19(23)24;3-1-2-4/h7-8,10-11H,4-6,9H2,1-3H3,(H3,21,22)(H2,23,25)(H2,24,27)(H,26,31)(H,28,32);6-7,9-10H,3-5,8H2,1-2H3,(H3,20,21)(H2,22,27)(H,25,31)(H,28,32)(H4,23,24,26);1-2H2. The lowest BCUT2D eigenvalue weighted by atomic mass is 10.3. The van der Waals surface area contributed by atoms with E-state index in [0.29, 0.717) is 102 Å². The van der Waals surface area contributed by atoms with Crippen LogP contribution in [0.4, 0.5) is 22.7 Å². The fourth-order valence-corrected chi connectivity index (χ4v) is 5.79. The number of aromatic nitrogens is 4. The molecule has 0 spiro atoms. The van der Waals surface area contributed by atoms with E-state index in [0.717, 1.165) is 0 Å². The minimum Gasteiger partial charge on any atom is -0.388 e. The number of amidine groups is 5. The first kappa shape index (κ1) is 56.3. The maximum Gasteiger partial charge on any atom is 0.272 e. The van der Waals surface area contributed by atoms with Gasteiger partial charge in [0.15, 0.2) is 5.96 Å². The Hall–Kier alpha value is -7.80. The van der Waals surface area contributed by atoms with E-state index in [-0.39, 0.29) is 65.9 Å². The Balaban J connectivity index is 0.000000432. The molecular formula is C41H63Cl2N21O4. The van der Waals surface area contributed by atoms with Gasteiger partial charge in [0.05, 0.1) is 46.7 Å². The molecule has 0 unspecified atom stereocenters. The number of halogens is 2. The van der Waals surface area contributed by atoms with Gasteiger partial charge in [-0.25, -0.2) is 15.0 Å². The van der Waals surface area contributed by atoms with Crippen molar-refractivity contribution in [2.24, 2.45) is 88.3 Å². The van der Waals surface area contributed by atoms with Gasteiger partial charge in [-0.05, 0) is 37.1 Å². The van der Waals surface area contributed by atoms with Gasteiger partial charge in [-0.1, -0.05) is 0 Å². The summed E-state index contributed by atoms with van der Waals surface area (Å²) < 4.78 is 6.46. The van der Waals surface area contributed by atoms with E-state index in [1.54, 1.807) is 103 Å². The number of amides is 4. The van der Waals surface area contributed by atoms with E-state index in [1.807, 2.05) is 0 Å². The molecule has 0 radical (unpaired) electrons. The van der Waals surface area contributed by atoms with Crippen molar-refractivity contribution in [1.29, 1.82) is 10.8 Å². The molecule has 25 nitrogen and oxygen atoms in total. The van der Waals surface area contributed by atoms with Gasteiger partial charge >= 0.3 is 0 Å². The number of alkyl halides is 2. The van der Waals surface area contributed by atoms with Gasteiger partial charge in [-0.15, -0.1) is 23.2 Å². The van der Waals surface area contributed by atoms with Gasteiger partial charge in [0, 0.05) is 97.7 Å². The molecule has 4 amide bonds. The molecule has 0 fully saturated rings. The zero-order valence-electron chi connectivity index (χ0n) is 38.7. The van der Waals surface area contributed by atoms with Crippen LogP contribution in [-0.2, 0) is 28.2 Å². The van der Waals surface area contributed by atoms with Crippen LogP contribution in [0.15, 0.2) is 69.0 Å². The van der Waals surface area contributed by atoms with E-state index in [4.69, 9.17) is 74.2 Å². The van der Waals surface area contributed by atoms with Crippen LogP contribution in [0, 0.1) is 10.8 Å². The lowest BCUT2D eigenvalue weighted by Gasteiger charge is -2.05. The number of guanidine groups is 1. The van der Waals surface area contributed by atoms with Crippen LogP contribution < -0.4 is 61.4 Å². The zero-order chi connectivity index (χ0) is 51.1. The minimum atomic E-state index is -0.379. The van der Waals surface area contributed by atoms with Crippen molar-refractivity contribution in [3.63, 3.8) is 0 Å². The Morgan fingerprint density at radius 3 is 1.38 bits per heavy atom. The summed E-state index contributed by atoms with van der Waals surface area (Å²) in [7, 11) is 8.45. The van der Waals surface area contributed by atoms with Crippen LogP contribution in [0.3, 0.4) is 0 Å². The predicted molar refractivity (Wildman–Crippen MR) is 271 cm³/mol. The highest BCUT2D eigenvalue weighted by molar-refractivity contribution is 6.26. The van der Waals surface area contributed by atoms with Crippen molar-refractivity contribution in [2.45, 2.75) is 32.1 Å². The molecule has 0 saturated carbocycles. The summed E-state index contributed by atoms with van der Waals surface area (Å²) in [6, 6.07) is 6.32. The first-order valence-electron chi connectivity index (χ1n) is 20.6. The van der Waals surface area contributed by atoms with E-state index in [2.05, 4.69) is 41.2 Å². The second kappa shape index (κ2) is 28.3. The van der Waals surface area contributed by atoms with Crippen LogP contribution in [0.5, 0.6) is 0 Å². The summed E-state index contributed by atoms with van der Waals surface area (Å²) in [5.41, 5.74) is 41.7. The second-order valence-electron chi connectivity index (χ2n) is 14.7. The number of aliphatic imine (C=N–C) groups is 4. The Morgan fingerprint density at radius 2 is 0.985 bits per heavy atom. The highest BCUT2D eigenvalue weighted by Crippen LogP contribution is 2.21. The SMILES string of the molecule is CN=C(N)CCCNC(=O)c1cc(NC(=O)c2cc(N=C(N)CC(=N)N)cn2C)cn1C.ClCCCl.Cn1cc(NC(=O)c2cc(N=C(N)CN=C(N)N)cn2C)cc1C(=O)NCCCC(=N)N. The molecule has 4 rings (SSSR count). The van der Waals surface area contributed by atoms with Crippen molar-refractivity contribution in [2.75, 3.05) is 49.1 Å². The van der Waals surface area contributed by atoms with Gasteiger partial charge in [-0.2, -0.15) is 0 Å². The second-order valence-corrected chi connectivity index (χ2v) is 15.5. The van der Waals surface area contributed by atoms with E-state index >= 15 is 0 Å². The topological polar surface area (TPSA) is 415 Å². The third-order valence-electron chi connectivity index (χ3n) is 8.94. The number of carbonyl (C=O) groups excluding carboxylic acids is 4. The van der Waals surface area contributed by atoms with Crippen LogP contribution in [0.1, 0.15) is 74.1 Å². The molecular weight excluding hydrogens is 921 g/mol. The molecule has 4 heterocycles. The van der Waals surface area contributed by atoms with Crippen LogP contribution in [0.25, 0.3) is 0 Å². The zero-order valence-corrected chi connectivity index (χ0v) is 40.2. The van der Waals surface area contributed by atoms with Crippen molar-refractivity contribution >= 4 is 105 Å². The predicted octanol–water partition coefficient (Wildman–Crippen LogP) is 1.22. The van der Waals surface area contributed by atoms with Crippen molar-refractivity contribution < 1.29 is 19.2 Å². The average Bonchev–Trinajstić information content (AvgIpc) is 4.04. The molecule has 4 aromatic rings. The highest BCUT2D eigenvalue weighted by Gasteiger charge is 2.18. The number of nitrogens with two attached hydrogens (primary N) is 7. The van der Waals surface area contributed by atoms with Crippen molar-refractivity contribution in [3.8, 4) is 0 Å². The summed E-state index contributed by atoms with van der Waals surface area (Å²) in [5.74, 6) is 0.626. The van der Waals surface area contributed by atoms with Gasteiger partial charge in [0.25, 0.3) is 23.6 Å². The normalized spacial score (nSPS) is 11.3. The van der Waals surface area contributed by atoms with E-state index in [9.17, 15) is 19.2 Å². The third kappa shape index (κ3) is 19.7. The van der Waals surface area contributed by atoms with Crippen LogP contribution in [-0.4, -0.2) is 115 Å². The summed E-state index contributed by atoms with van der Waals surface area (Å²) >= 11 is 10.1. The van der Waals surface area contributed by atoms with Gasteiger partial charge in [0.2, 0.25) is 0 Å². The fourth-order valence-electron chi connectivity index (χ4n) is 5.79. The van der Waals surface area contributed by atoms with Crippen LogP contribution in [0.2, 0.25) is 0 Å². The first-order chi connectivity index (χ1) is 32.1. The van der Waals surface area contributed by atoms with Crippen molar-refractivity contribution in [1.82, 2.24) is 28.9 Å². The molecule has 20 N–H and O–H groups in total. The molecule has 27 heteroatoms. The Labute approximate surface area is 403 Å². The maximum atomic E-state index is 12.7. The lowest BCUT2D eigenvalue weighted by molar-refractivity contribution is 0.0937. The smallest absolute Gasteiger partial charge is 0.272 e. The summed E-state index contributed by atoms with van der Waals surface area (Å²) in [6.07, 6.45) is 8.89. The highest BCUT2D eigenvalue weighted by atomic mass is 35.5. The number of anilines is 2. The monoisotopic (exact) mass is 983 g/mol. The van der Waals surface area contributed by atoms with E-state index < -0.39 is 0 Å². The maximum absolute atomic E-state index is 12.7. The molecule has 370 valence electrons. The number of carbonyl (C=O) groups is 4. The summed E-state index contributed by atoms with van der Waals surface area (Å²) in [5, 5.41) is 25.6. The van der Waals surface area contributed by atoms with Crippen LogP contribution >= 0.6 is 23.2 Å². The molecule has 0 aliphatic rings. The fraction of sp³-hybridized carbons (Fsp3) is 0.366. The van der Waals surface area contributed by atoms with Gasteiger partial charge in [-0.3, -0.25) is 35.0 Å². The number of nitrogens with one attached hydrogen (secondary N) is 6. The Bertz CT molecular complexity index is 2500. The number of nitrogens with zero attached hydrogens (tertiary/aromatic N) is 8. The molecule has 0 aliphatic heterocycles.